The molecule has 2 aromatic carbocycles. The Morgan fingerprint density at radius 3 is 2.30 bits per heavy atom. The molecule has 0 radical (unpaired) electrons. The summed E-state index contributed by atoms with van der Waals surface area (Å²) in [6.07, 6.45) is 3.87. The Labute approximate surface area is 136 Å². The fraction of sp³-hybridized carbons (Fsp3) is 0.350. The second-order valence-electron chi connectivity index (χ2n) is 6.41. The normalized spacial score (nSPS) is 16.3. The zero-order valence-corrected chi connectivity index (χ0v) is 13.5. The largest absolute Gasteiger partial charge is 0.341 e. The molecule has 1 fully saturated rings. The van der Waals surface area contributed by atoms with Crippen molar-refractivity contribution in [2.24, 2.45) is 0 Å². The SMILES string of the molecule is CN(Cc1ccccc1F)C(=O)C1(c2ccccc2)CCCC1. The molecular weight excluding hydrogens is 289 g/mol. The van der Waals surface area contributed by atoms with Gasteiger partial charge < -0.3 is 4.90 Å². The van der Waals surface area contributed by atoms with Crippen molar-refractivity contribution in [3.8, 4) is 0 Å². The number of amides is 1. The summed E-state index contributed by atoms with van der Waals surface area (Å²) in [6, 6.07) is 16.7. The number of benzene rings is 2. The van der Waals surface area contributed by atoms with E-state index in [0.717, 1.165) is 31.2 Å². The van der Waals surface area contributed by atoms with Crippen molar-refractivity contribution in [2.45, 2.75) is 37.6 Å². The van der Waals surface area contributed by atoms with Crippen LogP contribution in [-0.4, -0.2) is 17.9 Å². The molecule has 1 amide bonds. The molecule has 0 saturated heterocycles. The van der Waals surface area contributed by atoms with Crippen molar-refractivity contribution >= 4 is 5.91 Å². The van der Waals surface area contributed by atoms with Gasteiger partial charge in [0.2, 0.25) is 5.91 Å². The Balaban J connectivity index is 1.86. The summed E-state index contributed by atoms with van der Waals surface area (Å²) in [4.78, 5) is 14.9. The van der Waals surface area contributed by atoms with Crippen molar-refractivity contribution in [2.75, 3.05) is 7.05 Å². The molecular formula is C20H22FNO. The lowest BCUT2D eigenvalue weighted by molar-refractivity contribution is -0.136. The highest BCUT2D eigenvalue weighted by molar-refractivity contribution is 5.88. The highest BCUT2D eigenvalue weighted by Crippen LogP contribution is 2.42. The molecule has 1 saturated carbocycles. The molecule has 0 spiro atoms. The van der Waals surface area contributed by atoms with Gasteiger partial charge in [-0.25, -0.2) is 4.39 Å². The van der Waals surface area contributed by atoms with Crippen molar-refractivity contribution in [3.05, 3.63) is 71.5 Å². The minimum atomic E-state index is -0.443. The van der Waals surface area contributed by atoms with E-state index in [2.05, 4.69) is 0 Å². The van der Waals surface area contributed by atoms with Crippen LogP contribution in [0, 0.1) is 5.82 Å². The van der Waals surface area contributed by atoms with Crippen LogP contribution in [0.5, 0.6) is 0 Å². The molecule has 2 nitrogen and oxygen atoms in total. The third-order valence-electron chi connectivity index (χ3n) is 4.90. The molecule has 120 valence electrons. The molecule has 2 aromatic rings. The highest BCUT2D eigenvalue weighted by atomic mass is 19.1. The summed E-state index contributed by atoms with van der Waals surface area (Å²) < 4.78 is 13.9. The molecule has 23 heavy (non-hydrogen) atoms. The third-order valence-corrected chi connectivity index (χ3v) is 4.90. The quantitative estimate of drug-likeness (QED) is 0.824. The summed E-state index contributed by atoms with van der Waals surface area (Å²) in [5.41, 5.74) is 1.20. The first-order valence-corrected chi connectivity index (χ1v) is 8.18. The predicted octanol–water partition coefficient (Wildman–Crippen LogP) is 4.30. The van der Waals surface area contributed by atoms with Gasteiger partial charge in [0.05, 0.1) is 5.41 Å². The maximum Gasteiger partial charge on any atom is 0.233 e. The molecule has 3 heteroatoms. The number of hydrogen-bond acceptors (Lipinski definition) is 1. The average molecular weight is 311 g/mol. The highest BCUT2D eigenvalue weighted by Gasteiger charge is 2.44. The standard InChI is InChI=1S/C20H22FNO/c1-22(15-16-9-5-6-12-18(16)21)19(23)20(13-7-8-14-20)17-10-3-2-4-11-17/h2-6,9-12H,7-8,13-15H2,1H3. The fourth-order valence-corrected chi connectivity index (χ4v) is 3.68. The number of hydrogen-bond donors (Lipinski definition) is 0. The first-order valence-electron chi connectivity index (χ1n) is 8.18. The maximum absolute atomic E-state index is 13.9. The zero-order valence-electron chi connectivity index (χ0n) is 13.5. The van der Waals surface area contributed by atoms with E-state index in [0.29, 0.717) is 12.1 Å². The summed E-state index contributed by atoms with van der Waals surface area (Å²) >= 11 is 0. The summed E-state index contributed by atoms with van der Waals surface area (Å²) in [5.74, 6) is -0.156. The van der Waals surface area contributed by atoms with Crippen LogP contribution in [0.4, 0.5) is 4.39 Å². The summed E-state index contributed by atoms with van der Waals surface area (Å²) in [5, 5.41) is 0. The van der Waals surface area contributed by atoms with Gasteiger partial charge in [-0.2, -0.15) is 0 Å². The molecule has 3 rings (SSSR count). The van der Waals surface area contributed by atoms with Gasteiger partial charge in [-0.15, -0.1) is 0 Å². The molecule has 0 bridgehead atoms. The fourth-order valence-electron chi connectivity index (χ4n) is 3.68. The lowest BCUT2D eigenvalue weighted by Gasteiger charge is -2.33. The lowest BCUT2D eigenvalue weighted by Crippen LogP contribution is -2.43. The summed E-state index contributed by atoms with van der Waals surface area (Å²) in [7, 11) is 1.78. The molecule has 0 aromatic heterocycles. The average Bonchev–Trinajstić information content (AvgIpc) is 3.08. The van der Waals surface area contributed by atoms with Crippen molar-refractivity contribution in [3.63, 3.8) is 0 Å². The van der Waals surface area contributed by atoms with E-state index in [-0.39, 0.29) is 11.7 Å². The number of rotatable bonds is 4. The van der Waals surface area contributed by atoms with Gasteiger partial charge >= 0.3 is 0 Å². The van der Waals surface area contributed by atoms with Gasteiger partial charge in [0.1, 0.15) is 5.82 Å². The van der Waals surface area contributed by atoms with Crippen LogP contribution in [-0.2, 0) is 16.8 Å². The maximum atomic E-state index is 13.9. The van der Waals surface area contributed by atoms with Crippen LogP contribution in [0.15, 0.2) is 54.6 Å². The van der Waals surface area contributed by atoms with E-state index in [9.17, 15) is 9.18 Å². The molecule has 0 unspecified atom stereocenters. The Kier molecular flexibility index (Phi) is 4.46. The van der Waals surface area contributed by atoms with Crippen molar-refractivity contribution in [1.82, 2.24) is 4.90 Å². The first kappa shape index (κ1) is 15.7. The van der Waals surface area contributed by atoms with E-state index in [1.54, 1.807) is 30.1 Å². The van der Waals surface area contributed by atoms with E-state index in [1.165, 1.54) is 6.07 Å². The Morgan fingerprint density at radius 2 is 1.65 bits per heavy atom. The van der Waals surface area contributed by atoms with Crippen LogP contribution in [0.3, 0.4) is 0 Å². The topological polar surface area (TPSA) is 20.3 Å². The van der Waals surface area contributed by atoms with Crippen LogP contribution < -0.4 is 0 Å². The predicted molar refractivity (Wildman–Crippen MR) is 89.5 cm³/mol. The molecule has 0 heterocycles. The van der Waals surface area contributed by atoms with E-state index >= 15 is 0 Å². The van der Waals surface area contributed by atoms with Crippen molar-refractivity contribution in [1.29, 1.82) is 0 Å². The second-order valence-corrected chi connectivity index (χ2v) is 6.41. The third kappa shape index (κ3) is 3.00. The van der Waals surface area contributed by atoms with Crippen LogP contribution in [0.1, 0.15) is 36.8 Å². The molecule has 1 aliphatic carbocycles. The van der Waals surface area contributed by atoms with E-state index in [1.807, 2.05) is 30.3 Å². The van der Waals surface area contributed by atoms with Gasteiger partial charge in [-0.1, -0.05) is 61.4 Å². The monoisotopic (exact) mass is 311 g/mol. The second kappa shape index (κ2) is 6.53. The summed E-state index contributed by atoms with van der Waals surface area (Å²) in [6.45, 7) is 0.306. The molecule has 0 aliphatic heterocycles. The number of carbonyl (C=O) groups excluding carboxylic acids is 1. The molecule has 0 atom stereocenters. The minimum absolute atomic E-state index is 0.101. The lowest BCUT2D eigenvalue weighted by atomic mass is 9.77. The minimum Gasteiger partial charge on any atom is -0.341 e. The molecule has 0 N–H and O–H groups in total. The Hall–Kier alpha value is -2.16. The van der Waals surface area contributed by atoms with Gasteiger partial charge in [-0.05, 0) is 24.5 Å². The van der Waals surface area contributed by atoms with Gasteiger partial charge in [0, 0.05) is 19.2 Å². The van der Waals surface area contributed by atoms with Crippen molar-refractivity contribution < 1.29 is 9.18 Å². The zero-order chi connectivity index (χ0) is 16.3. The van der Waals surface area contributed by atoms with Gasteiger partial charge in [0.25, 0.3) is 0 Å². The number of likely N-dealkylation sites (N-methyl/N-ethyl adjacent to an activating group) is 1. The number of nitrogens with zero attached hydrogens (tertiary/aromatic N) is 1. The first-order chi connectivity index (χ1) is 11.1. The Morgan fingerprint density at radius 1 is 1.04 bits per heavy atom. The van der Waals surface area contributed by atoms with Gasteiger partial charge in [0.15, 0.2) is 0 Å². The van der Waals surface area contributed by atoms with Gasteiger partial charge in [-0.3, -0.25) is 4.79 Å². The van der Waals surface area contributed by atoms with E-state index in [4.69, 9.17) is 0 Å². The van der Waals surface area contributed by atoms with Crippen LogP contribution in [0.25, 0.3) is 0 Å². The Bertz CT molecular complexity index is 677. The van der Waals surface area contributed by atoms with E-state index < -0.39 is 5.41 Å². The number of halogens is 1. The molecule has 1 aliphatic rings. The number of carbonyl (C=O) groups is 1. The smallest absolute Gasteiger partial charge is 0.233 e. The van der Waals surface area contributed by atoms with Crippen LogP contribution in [0.2, 0.25) is 0 Å². The van der Waals surface area contributed by atoms with Crippen LogP contribution >= 0.6 is 0 Å².